The molecule has 3 rings (SSSR count). The highest BCUT2D eigenvalue weighted by atomic mass is 16.8. The van der Waals surface area contributed by atoms with E-state index >= 15 is 0 Å². The SMILES string of the molecule is CCc1cc(Cc2ccc(OCC(=O)O)cc2C)ccc1OC1CO1. The second-order valence-corrected chi connectivity index (χ2v) is 6.12. The molecule has 1 aliphatic rings. The largest absolute Gasteiger partial charge is 0.482 e. The van der Waals surface area contributed by atoms with Gasteiger partial charge in [-0.2, -0.15) is 0 Å². The molecule has 1 heterocycles. The van der Waals surface area contributed by atoms with Crippen molar-refractivity contribution in [2.75, 3.05) is 13.2 Å². The fourth-order valence-electron chi connectivity index (χ4n) is 2.70. The lowest BCUT2D eigenvalue weighted by molar-refractivity contribution is -0.139. The standard InChI is InChI=1S/C20H22O5/c1-3-15-9-14(4-7-18(15)25-20-12-24-20)10-16-5-6-17(8-13(16)2)23-11-19(21)22/h4-9,20H,3,10-12H2,1-2H3,(H,21,22). The molecule has 1 saturated heterocycles. The second-order valence-electron chi connectivity index (χ2n) is 6.12. The Morgan fingerprint density at radius 3 is 2.68 bits per heavy atom. The number of carbonyl (C=O) groups is 1. The van der Waals surface area contributed by atoms with Gasteiger partial charge in [0.15, 0.2) is 6.61 Å². The molecule has 0 aliphatic carbocycles. The third-order valence-electron chi connectivity index (χ3n) is 4.14. The molecule has 0 amide bonds. The Hall–Kier alpha value is -2.53. The zero-order valence-electron chi connectivity index (χ0n) is 14.5. The first-order valence-electron chi connectivity index (χ1n) is 8.39. The minimum Gasteiger partial charge on any atom is -0.482 e. The predicted molar refractivity (Wildman–Crippen MR) is 93.3 cm³/mol. The first-order valence-corrected chi connectivity index (χ1v) is 8.39. The van der Waals surface area contributed by atoms with E-state index in [-0.39, 0.29) is 12.9 Å². The number of rotatable bonds is 8. The van der Waals surface area contributed by atoms with Crippen molar-refractivity contribution in [2.45, 2.75) is 33.0 Å². The van der Waals surface area contributed by atoms with Gasteiger partial charge in [0.05, 0.1) is 0 Å². The molecule has 1 atom stereocenters. The van der Waals surface area contributed by atoms with Crippen LogP contribution in [0.15, 0.2) is 36.4 Å². The smallest absolute Gasteiger partial charge is 0.341 e. The quantitative estimate of drug-likeness (QED) is 0.745. The zero-order valence-corrected chi connectivity index (χ0v) is 14.5. The van der Waals surface area contributed by atoms with Crippen LogP contribution in [0, 0.1) is 6.92 Å². The number of carboxylic acids is 1. The molecule has 0 aromatic heterocycles. The summed E-state index contributed by atoms with van der Waals surface area (Å²) in [7, 11) is 0. The van der Waals surface area contributed by atoms with Crippen LogP contribution in [0.3, 0.4) is 0 Å². The lowest BCUT2D eigenvalue weighted by atomic mass is 9.98. The van der Waals surface area contributed by atoms with Gasteiger partial charge in [0, 0.05) is 0 Å². The molecule has 1 unspecified atom stereocenters. The van der Waals surface area contributed by atoms with Crippen molar-refractivity contribution in [1.29, 1.82) is 0 Å². The maximum atomic E-state index is 10.6. The van der Waals surface area contributed by atoms with Gasteiger partial charge < -0.3 is 19.3 Å². The summed E-state index contributed by atoms with van der Waals surface area (Å²) in [4.78, 5) is 10.6. The number of hydrogen-bond acceptors (Lipinski definition) is 4. The molecule has 25 heavy (non-hydrogen) atoms. The van der Waals surface area contributed by atoms with Crippen LogP contribution in [-0.2, 0) is 22.4 Å². The molecule has 0 radical (unpaired) electrons. The van der Waals surface area contributed by atoms with Crippen molar-refractivity contribution in [3.63, 3.8) is 0 Å². The van der Waals surface area contributed by atoms with Gasteiger partial charge in [0.2, 0.25) is 6.29 Å². The highest BCUT2D eigenvalue weighted by Gasteiger charge is 2.25. The Morgan fingerprint density at radius 1 is 1.24 bits per heavy atom. The Bertz CT molecular complexity index is 765. The molecular formula is C20H22O5. The predicted octanol–water partition coefficient (Wildman–Crippen LogP) is 3.35. The van der Waals surface area contributed by atoms with E-state index < -0.39 is 5.97 Å². The fraction of sp³-hybridized carbons (Fsp3) is 0.350. The van der Waals surface area contributed by atoms with E-state index in [1.807, 2.05) is 31.2 Å². The molecule has 0 saturated carbocycles. The van der Waals surface area contributed by atoms with E-state index in [1.54, 1.807) is 0 Å². The van der Waals surface area contributed by atoms with Crippen LogP contribution in [0.5, 0.6) is 11.5 Å². The number of epoxide rings is 1. The molecule has 1 fully saturated rings. The zero-order chi connectivity index (χ0) is 17.8. The molecule has 0 bridgehead atoms. The Labute approximate surface area is 147 Å². The van der Waals surface area contributed by atoms with Gasteiger partial charge in [-0.15, -0.1) is 0 Å². The monoisotopic (exact) mass is 342 g/mol. The number of benzene rings is 2. The van der Waals surface area contributed by atoms with Crippen LogP contribution in [0.4, 0.5) is 0 Å². The van der Waals surface area contributed by atoms with Crippen LogP contribution in [0.2, 0.25) is 0 Å². The summed E-state index contributed by atoms with van der Waals surface area (Å²) < 4.78 is 16.1. The summed E-state index contributed by atoms with van der Waals surface area (Å²) in [5.41, 5.74) is 4.65. The molecule has 2 aromatic carbocycles. The van der Waals surface area contributed by atoms with E-state index in [0.717, 1.165) is 24.2 Å². The number of carboxylic acid groups (broad SMARTS) is 1. The van der Waals surface area contributed by atoms with Crippen LogP contribution in [0.1, 0.15) is 29.2 Å². The van der Waals surface area contributed by atoms with Gasteiger partial charge in [-0.3, -0.25) is 0 Å². The third-order valence-corrected chi connectivity index (χ3v) is 4.14. The van der Waals surface area contributed by atoms with Crippen molar-refractivity contribution in [1.82, 2.24) is 0 Å². The molecule has 1 aliphatic heterocycles. The highest BCUT2D eigenvalue weighted by Crippen LogP contribution is 2.27. The normalized spacial score (nSPS) is 15.7. The van der Waals surface area contributed by atoms with Crippen molar-refractivity contribution in [3.05, 3.63) is 58.7 Å². The molecular weight excluding hydrogens is 320 g/mol. The molecule has 132 valence electrons. The molecule has 5 nitrogen and oxygen atoms in total. The number of aryl methyl sites for hydroxylation is 2. The van der Waals surface area contributed by atoms with Crippen molar-refractivity contribution in [2.24, 2.45) is 0 Å². The Kier molecular flexibility index (Phi) is 5.24. The average molecular weight is 342 g/mol. The van der Waals surface area contributed by atoms with E-state index in [2.05, 4.69) is 19.1 Å². The van der Waals surface area contributed by atoms with Crippen LogP contribution in [-0.4, -0.2) is 30.6 Å². The summed E-state index contributed by atoms with van der Waals surface area (Å²) in [5.74, 6) is 0.488. The molecule has 0 spiro atoms. The van der Waals surface area contributed by atoms with E-state index in [4.69, 9.17) is 19.3 Å². The summed E-state index contributed by atoms with van der Waals surface area (Å²) in [5, 5.41) is 8.68. The average Bonchev–Trinajstić information content (AvgIpc) is 3.40. The second kappa shape index (κ2) is 7.57. The van der Waals surface area contributed by atoms with Gasteiger partial charge in [-0.1, -0.05) is 25.1 Å². The van der Waals surface area contributed by atoms with E-state index in [9.17, 15) is 4.79 Å². The first-order chi connectivity index (χ1) is 12.0. The van der Waals surface area contributed by atoms with Gasteiger partial charge in [-0.05, 0) is 60.2 Å². The minimum atomic E-state index is -0.979. The van der Waals surface area contributed by atoms with Crippen LogP contribution in [0.25, 0.3) is 0 Å². The van der Waals surface area contributed by atoms with Gasteiger partial charge in [0.25, 0.3) is 0 Å². The van der Waals surface area contributed by atoms with Crippen molar-refractivity contribution in [3.8, 4) is 11.5 Å². The summed E-state index contributed by atoms with van der Waals surface area (Å²) >= 11 is 0. The summed E-state index contributed by atoms with van der Waals surface area (Å²) in [6, 6.07) is 11.9. The van der Waals surface area contributed by atoms with Gasteiger partial charge in [0.1, 0.15) is 18.1 Å². The maximum absolute atomic E-state index is 10.6. The van der Waals surface area contributed by atoms with E-state index in [1.165, 1.54) is 16.7 Å². The maximum Gasteiger partial charge on any atom is 0.341 e. The summed E-state index contributed by atoms with van der Waals surface area (Å²) in [6.45, 7) is 4.45. The Balaban J connectivity index is 1.71. The number of ether oxygens (including phenoxy) is 3. The van der Waals surface area contributed by atoms with Gasteiger partial charge >= 0.3 is 5.97 Å². The lowest BCUT2D eigenvalue weighted by Gasteiger charge is -2.12. The third kappa shape index (κ3) is 4.73. The molecule has 2 aromatic rings. The topological polar surface area (TPSA) is 68.3 Å². The Morgan fingerprint density at radius 2 is 2.04 bits per heavy atom. The number of hydrogen-bond donors (Lipinski definition) is 1. The summed E-state index contributed by atoms with van der Waals surface area (Å²) in [6.07, 6.45) is 1.62. The van der Waals surface area contributed by atoms with Crippen LogP contribution < -0.4 is 9.47 Å². The minimum absolute atomic E-state index is 0.0864. The van der Waals surface area contributed by atoms with E-state index in [0.29, 0.717) is 12.4 Å². The van der Waals surface area contributed by atoms with Crippen molar-refractivity contribution < 1.29 is 24.1 Å². The lowest BCUT2D eigenvalue weighted by Crippen LogP contribution is -2.09. The van der Waals surface area contributed by atoms with Crippen LogP contribution >= 0.6 is 0 Å². The molecule has 1 N–H and O–H groups in total. The molecule has 5 heteroatoms. The highest BCUT2D eigenvalue weighted by molar-refractivity contribution is 5.68. The first kappa shape index (κ1) is 17.3. The van der Waals surface area contributed by atoms with Crippen molar-refractivity contribution >= 4 is 5.97 Å². The fourth-order valence-corrected chi connectivity index (χ4v) is 2.70. The number of aliphatic carboxylic acids is 1. The van der Waals surface area contributed by atoms with Gasteiger partial charge in [-0.25, -0.2) is 4.79 Å².